The maximum atomic E-state index is 11.5. The highest BCUT2D eigenvalue weighted by atomic mass is 35.5. The van der Waals surface area contributed by atoms with Crippen LogP contribution in [0.4, 0.5) is 0 Å². The standard InChI is InChI=1S/C11H22N2O2.ClH/c1-3-4-11(5-6-11)8-13-10(14)9(12)7-15-2;/h9H,3-8,12H2,1-2H3,(H,13,14);1H. The van der Waals surface area contributed by atoms with E-state index in [4.69, 9.17) is 10.5 Å². The van der Waals surface area contributed by atoms with Gasteiger partial charge >= 0.3 is 0 Å². The lowest BCUT2D eigenvalue weighted by molar-refractivity contribution is -0.123. The van der Waals surface area contributed by atoms with Gasteiger partial charge in [0.2, 0.25) is 5.91 Å². The van der Waals surface area contributed by atoms with E-state index in [9.17, 15) is 4.79 Å². The van der Waals surface area contributed by atoms with Crippen LogP contribution in [0.2, 0.25) is 0 Å². The lowest BCUT2D eigenvalue weighted by atomic mass is 10.0. The molecule has 0 radical (unpaired) electrons. The van der Waals surface area contributed by atoms with Gasteiger partial charge in [0, 0.05) is 13.7 Å². The summed E-state index contributed by atoms with van der Waals surface area (Å²) in [5.41, 5.74) is 6.00. The van der Waals surface area contributed by atoms with E-state index in [1.807, 2.05) is 0 Å². The van der Waals surface area contributed by atoms with Crippen molar-refractivity contribution in [1.82, 2.24) is 5.32 Å². The molecule has 96 valence electrons. The maximum Gasteiger partial charge on any atom is 0.239 e. The number of nitrogens with one attached hydrogen (secondary N) is 1. The fourth-order valence-corrected chi connectivity index (χ4v) is 1.88. The normalized spacial score (nSPS) is 18.4. The number of hydrogen-bond acceptors (Lipinski definition) is 3. The Labute approximate surface area is 104 Å². The van der Waals surface area contributed by atoms with Gasteiger partial charge in [0.25, 0.3) is 0 Å². The van der Waals surface area contributed by atoms with E-state index in [0.717, 1.165) is 6.54 Å². The summed E-state index contributed by atoms with van der Waals surface area (Å²) in [6.45, 7) is 3.24. The largest absolute Gasteiger partial charge is 0.383 e. The van der Waals surface area contributed by atoms with Crippen molar-refractivity contribution in [3.05, 3.63) is 0 Å². The Morgan fingerprint density at radius 1 is 1.56 bits per heavy atom. The third-order valence-electron chi connectivity index (χ3n) is 3.06. The second-order valence-corrected chi connectivity index (χ2v) is 4.53. The minimum absolute atomic E-state index is 0. The third kappa shape index (κ3) is 4.68. The van der Waals surface area contributed by atoms with Crippen molar-refractivity contribution < 1.29 is 9.53 Å². The maximum absolute atomic E-state index is 11.5. The van der Waals surface area contributed by atoms with Gasteiger partial charge in [-0.25, -0.2) is 0 Å². The molecular formula is C11H23ClN2O2. The molecule has 1 rings (SSSR count). The van der Waals surface area contributed by atoms with E-state index < -0.39 is 6.04 Å². The molecule has 1 atom stereocenters. The van der Waals surface area contributed by atoms with Gasteiger partial charge in [-0.3, -0.25) is 4.79 Å². The number of rotatable bonds is 7. The van der Waals surface area contributed by atoms with Gasteiger partial charge in [-0.1, -0.05) is 13.3 Å². The minimum Gasteiger partial charge on any atom is -0.383 e. The van der Waals surface area contributed by atoms with Crippen molar-refractivity contribution in [1.29, 1.82) is 0 Å². The number of amides is 1. The molecule has 1 amide bonds. The molecule has 0 saturated heterocycles. The lowest BCUT2D eigenvalue weighted by Crippen LogP contribution is -2.45. The molecule has 1 fully saturated rings. The van der Waals surface area contributed by atoms with Crippen molar-refractivity contribution in [3.8, 4) is 0 Å². The molecule has 1 saturated carbocycles. The zero-order chi connectivity index (χ0) is 11.3. The van der Waals surface area contributed by atoms with Crippen LogP contribution in [-0.2, 0) is 9.53 Å². The molecule has 0 spiro atoms. The molecule has 0 heterocycles. The Balaban J connectivity index is 0.00000225. The zero-order valence-corrected chi connectivity index (χ0v) is 10.9. The van der Waals surface area contributed by atoms with E-state index in [-0.39, 0.29) is 24.9 Å². The van der Waals surface area contributed by atoms with Crippen LogP contribution in [0.1, 0.15) is 32.6 Å². The Morgan fingerprint density at radius 2 is 2.19 bits per heavy atom. The fourth-order valence-electron chi connectivity index (χ4n) is 1.88. The molecule has 1 aliphatic rings. The number of nitrogens with two attached hydrogens (primary N) is 1. The summed E-state index contributed by atoms with van der Waals surface area (Å²) in [6.07, 6.45) is 4.86. The minimum atomic E-state index is -0.535. The summed E-state index contributed by atoms with van der Waals surface area (Å²) in [5.74, 6) is -0.0979. The Morgan fingerprint density at radius 3 is 2.62 bits per heavy atom. The van der Waals surface area contributed by atoms with Crippen LogP contribution < -0.4 is 11.1 Å². The third-order valence-corrected chi connectivity index (χ3v) is 3.06. The van der Waals surface area contributed by atoms with Crippen molar-refractivity contribution in [2.45, 2.75) is 38.6 Å². The molecule has 5 heteroatoms. The number of halogens is 1. The lowest BCUT2D eigenvalue weighted by Gasteiger charge is -2.17. The van der Waals surface area contributed by atoms with Crippen molar-refractivity contribution in [2.75, 3.05) is 20.3 Å². The molecule has 1 unspecified atom stereocenters. The van der Waals surface area contributed by atoms with Crippen LogP contribution in [0, 0.1) is 5.41 Å². The van der Waals surface area contributed by atoms with Gasteiger partial charge in [0.15, 0.2) is 0 Å². The van der Waals surface area contributed by atoms with Crippen LogP contribution in [0.3, 0.4) is 0 Å². The average molecular weight is 251 g/mol. The van der Waals surface area contributed by atoms with Crippen LogP contribution in [0.15, 0.2) is 0 Å². The highest BCUT2D eigenvalue weighted by Gasteiger charge is 2.41. The second-order valence-electron chi connectivity index (χ2n) is 4.53. The number of hydrogen-bond donors (Lipinski definition) is 2. The van der Waals surface area contributed by atoms with Crippen LogP contribution in [0.5, 0.6) is 0 Å². The number of ether oxygens (including phenoxy) is 1. The van der Waals surface area contributed by atoms with Gasteiger partial charge in [-0.15, -0.1) is 12.4 Å². The Kier molecular flexibility index (Phi) is 6.95. The summed E-state index contributed by atoms with van der Waals surface area (Å²) < 4.78 is 4.83. The molecular weight excluding hydrogens is 228 g/mol. The SMILES string of the molecule is CCCC1(CNC(=O)C(N)COC)CC1.Cl. The molecule has 16 heavy (non-hydrogen) atoms. The van der Waals surface area contributed by atoms with Crippen molar-refractivity contribution in [3.63, 3.8) is 0 Å². The van der Waals surface area contributed by atoms with E-state index in [0.29, 0.717) is 5.41 Å². The summed E-state index contributed by atoms with van der Waals surface area (Å²) in [4.78, 5) is 11.5. The Hall–Kier alpha value is -0.320. The predicted molar refractivity (Wildman–Crippen MR) is 66.7 cm³/mol. The van der Waals surface area contributed by atoms with Gasteiger partial charge in [-0.05, 0) is 24.7 Å². The molecule has 0 aliphatic heterocycles. The molecule has 0 aromatic carbocycles. The second kappa shape index (κ2) is 7.09. The average Bonchev–Trinajstić information content (AvgIpc) is 2.96. The zero-order valence-electron chi connectivity index (χ0n) is 10.1. The molecule has 3 N–H and O–H groups in total. The van der Waals surface area contributed by atoms with Crippen LogP contribution >= 0.6 is 12.4 Å². The van der Waals surface area contributed by atoms with E-state index >= 15 is 0 Å². The monoisotopic (exact) mass is 250 g/mol. The number of carbonyl (C=O) groups is 1. The van der Waals surface area contributed by atoms with Gasteiger partial charge < -0.3 is 15.8 Å². The first-order valence-electron chi connectivity index (χ1n) is 5.66. The summed E-state index contributed by atoms with van der Waals surface area (Å²) in [5, 5.41) is 2.91. The number of carbonyl (C=O) groups excluding carboxylic acids is 1. The quantitative estimate of drug-likeness (QED) is 0.711. The van der Waals surface area contributed by atoms with Crippen LogP contribution in [-0.4, -0.2) is 32.2 Å². The van der Waals surface area contributed by atoms with Gasteiger partial charge in [0.05, 0.1) is 6.61 Å². The smallest absolute Gasteiger partial charge is 0.239 e. The highest BCUT2D eigenvalue weighted by molar-refractivity contribution is 5.85. The van der Waals surface area contributed by atoms with Crippen molar-refractivity contribution in [2.24, 2.45) is 11.1 Å². The molecule has 0 aromatic rings. The van der Waals surface area contributed by atoms with E-state index in [1.165, 1.54) is 25.7 Å². The summed E-state index contributed by atoms with van der Waals surface area (Å²) in [6, 6.07) is -0.535. The molecule has 0 bridgehead atoms. The van der Waals surface area contributed by atoms with Gasteiger partial charge in [0.1, 0.15) is 6.04 Å². The first-order valence-corrected chi connectivity index (χ1v) is 5.66. The molecule has 4 nitrogen and oxygen atoms in total. The van der Waals surface area contributed by atoms with Crippen molar-refractivity contribution >= 4 is 18.3 Å². The van der Waals surface area contributed by atoms with Crippen LogP contribution in [0.25, 0.3) is 0 Å². The highest BCUT2D eigenvalue weighted by Crippen LogP contribution is 2.48. The Bertz CT molecular complexity index is 220. The molecule has 0 aromatic heterocycles. The van der Waals surface area contributed by atoms with Gasteiger partial charge in [-0.2, -0.15) is 0 Å². The summed E-state index contributed by atoms with van der Waals surface area (Å²) in [7, 11) is 1.55. The fraction of sp³-hybridized carbons (Fsp3) is 0.909. The van der Waals surface area contributed by atoms with E-state index in [1.54, 1.807) is 7.11 Å². The first-order chi connectivity index (χ1) is 7.13. The first kappa shape index (κ1) is 15.7. The number of methoxy groups -OCH3 is 1. The summed E-state index contributed by atoms with van der Waals surface area (Å²) >= 11 is 0. The van der Waals surface area contributed by atoms with E-state index in [2.05, 4.69) is 12.2 Å². The predicted octanol–water partition coefficient (Wildman–Crippen LogP) is 1.08. The topological polar surface area (TPSA) is 64.4 Å². The molecule has 1 aliphatic carbocycles.